The van der Waals surface area contributed by atoms with Crippen LogP contribution in [0.25, 0.3) is 6.08 Å². The van der Waals surface area contributed by atoms with Gasteiger partial charge in [0.25, 0.3) is 0 Å². The minimum Gasteiger partial charge on any atom is -0.366 e. The molecule has 0 aliphatic carbocycles. The number of primary amides is 1. The second-order valence-electron chi connectivity index (χ2n) is 2.89. The van der Waals surface area contributed by atoms with E-state index in [-0.39, 0.29) is 0 Å². The molecule has 72 valence electrons. The topological polar surface area (TPSA) is 56.0 Å². The summed E-state index contributed by atoms with van der Waals surface area (Å²) in [7, 11) is 0. The van der Waals surface area contributed by atoms with E-state index in [1.54, 1.807) is 12.3 Å². The van der Waals surface area contributed by atoms with Gasteiger partial charge in [-0.2, -0.15) is 0 Å². The van der Waals surface area contributed by atoms with Crippen LogP contribution in [0, 0.1) is 0 Å². The molecular formula is C11H12N2O. The van der Waals surface area contributed by atoms with Crippen molar-refractivity contribution >= 4 is 12.0 Å². The number of hydrogen-bond acceptors (Lipinski definition) is 2. The normalized spacial score (nSPS) is 9.43. The first kappa shape index (κ1) is 10.2. The van der Waals surface area contributed by atoms with E-state index in [4.69, 9.17) is 5.73 Å². The highest BCUT2D eigenvalue weighted by molar-refractivity contribution is 5.91. The van der Waals surface area contributed by atoms with Gasteiger partial charge in [-0.1, -0.05) is 25.3 Å². The molecule has 0 aliphatic rings. The Morgan fingerprint density at radius 3 is 2.93 bits per heavy atom. The monoisotopic (exact) mass is 188 g/mol. The Hall–Kier alpha value is -1.90. The summed E-state index contributed by atoms with van der Waals surface area (Å²) in [5.41, 5.74) is 7.10. The third-order valence-corrected chi connectivity index (χ3v) is 1.87. The minimum atomic E-state index is -0.495. The molecular weight excluding hydrogens is 176 g/mol. The van der Waals surface area contributed by atoms with Crippen LogP contribution in [0.1, 0.15) is 11.3 Å². The molecule has 1 aromatic rings. The van der Waals surface area contributed by atoms with Crippen molar-refractivity contribution in [1.82, 2.24) is 4.98 Å². The van der Waals surface area contributed by atoms with Gasteiger partial charge in [-0.15, -0.1) is 0 Å². The van der Waals surface area contributed by atoms with Crippen LogP contribution in [0.2, 0.25) is 0 Å². The Morgan fingerprint density at radius 2 is 2.36 bits per heavy atom. The maximum atomic E-state index is 10.8. The molecule has 3 heteroatoms. The molecule has 1 aromatic heterocycles. The standard InChI is InChI=1S/C11H12N2O/c1-3-9-5-4-6-13-10(9)7-8(2)11(12)14/h3-6H,1-2,7H2,(H2,12,14). The van der Waals surface area contributed by atoms with E-state index in [1.165, 1.54) is 0 Å². The molecule has 1 heterocycles. The molecule has 0 aliphatic heterocycles. The maximum absolute atomic E-state index is 10.8. The number of hydrogen-bond donors (Lipinski definition) is 1. The van der Waals surface area contributed by atoms with Crippen molar-refractivity contribution in [1.29, 1.82) is 0 Å². The number of rotatable bonds is 4. The van der Waals surface area contributed by atoms with E-state index in [9.17, 15) is 4.79 Å². The number of carbonyl (C=O) groups excluding carboxylic acids is 1. The molecule has 3 nitrogen and oxygen atoms in total. The first-order valence-electron chi connectivity index (χ1n) is 4.19. The van der Waals surface area contributed by atoms with Crippen molar-refractivity contribution in [2.45, 2.75) is 6.42 Å². The Kier molecular flexibility index (Phi) is 3.18. The largest absolute Gasteiger partial charge is 0.366 e. The number of carbonyl (C=O) groups is 1. The molecule has 0 saturated carbocycles. The van der Waals surface area contributed by atoms with Crippen LogP contribution in [-0.2, 0) is 11.2 Å². The van der Waals surface area contributed by atoms with E-state index in [1.807, 2.05) is 12.1 Å². The quantitative estimate of drug-likeness (QED) is 0.724. The summed E-state index contributed by atoms with van der Waals surface area (Å²) in [6.45, 7) is 7.23. The predicted octanol–water partition coefficient (Wildman–Crippen LogP) is 1.31. The molecule has 0 saturated heterocycles. The number of nitrogens with zero attached hydrogens (tertiary/aromatic N) is 1. The van der Waals surface area contributed by atoms with Crippen molar-refractivity contribution in [3.8, 4) is 0 Å². The van der Waals surface area contributed by atoms with Gasteiger partial charge in [-0.05, 0) is 11.6 Å². The minimum absolute atomic E-state index is 0.354. The van der Waals surface area contributed by atoms with Crippen LogP contribution in [-0.4, -0.2) is 10.9 Å². The highest BCUT2D eigenvalue weighted by Gasteiger charge is 2.06. The first-order valence-corrected chi connectivity index (χ1v) is 4.19. The molecule has 0 fully saturated rings. The van der Waals surface area contributed by atoms with E-state index < -0.39 is 5.91 Å². The van der Waals surface area contributed by atoms with E-state index in [0.29, 0.717) is 12.0 Å². The Bertz CT molecular complexity index is 383. The lowest BCUT2D eigenvalue weighted by molar-refractivity contribution is -0.114. The van der Waals surface area contributed by atoms with Gasteiger partial charge in [0.2, 0.25) is 5.91 Å². The van der Waals surface area contributed by atoms with Gasteiger partial charge < -0.3 is 5.73 Å². The average molecular weight is 188 g/mol. The summed E-state index contributed by atoms with van der Waals surface area (Å²) in [4.78, 5) is 14.9. The number of nitrogens with two attached hydrogens (primary N) is 1. The lowest BCUT2D eigenvalue weighted by Gasteiger charge is -2.04. The molecule has 0 bridgehead atoms. The van der Waals surface area contributed by atoms with Crippen LogP contribution < -0.4 is 5.73 Å². The van der Waals surface area contributed by atoms with Gasteiger partial charge in [0.1, 0.15) is 0 Å². The second kappa shape index (κ2) is 4.37. The van der Waals surface area contributed by atoms with Crippen molar-refractivity contribution < 1.29 is 4.79 Å². The van der Waals surface area contributed by atoms with Crippen molar-refractivity contribution in [3.05, 3.63) is 48.3 Å². The van der Waals surface area contributed by atoms with Gasteiger partial charge in [-0.25, -0.2) is 0 Å². The lowest BCUT2D eigenvalue weighted by atomic mass is 10.1. The Balaban J connectivity index is 2.91. The van der Waals surface area contributed by atoms with E-state index in [2.05, 4.69) is 18.1 Å². The van der Waals surface area contributed by atoms with Crippen LogP contribution in [0.3, 0.4) is 0 Å². The Morgan fingerprint density at radius 1 is 1.64 bits per heavy atom. The zero-order valence-electron chi connectivity index (χ0n) is 7.86. The summed E-state index contributed by atoms with van der Waals surface area (Å²) in [5.74, 6) is -0.495. The second-order valence-corrected chi connectivity index (χ2v) is 2.89. The van der Waals surface area contributed by atoms with E-state index >= 15 is 0 Å². The maximum Gasteiger partial charge on any atom is 0.244 e. The van der Waals surface area contributed by atoms with Crippen molar-refractivity contribution in [2.24, 2.45) is 5.73 Å². The molecule has 1 amide bonds. The summed E-state index contributed by atoms with van der Waals surface area (Å²) >= 11 is 0. The summed E-state index contributed by atoms with van der Waals surface area (Å²) in [6.07, 6.45) is 3.73. The fourth-order valence-electron chi connectivity index (χ4n) is 1.07. The van der Waals surface area contributed by atoms with Crippen molar-refractivity contribution in [3.63, 3.8) is 0 Å². The van der Waals surface area contributed by atoms with Gasteiger partial charge in [-0.3, -0.25) is 9.78 Å². The molecule has 2 N–H and O–H groups in total. The lowest BCUT2D eigenvalue weighted by Crippen LogP contribution is -2.15. The fraction of sp³-hybridized carbons (Fsp3) is 0.0909. The molecule has 1 rings (SSSR count). The number of aromatic nitrogens is 1. The van der Waals surface area contributed by atoms with Crippen molar-refractivity contribution in [2.75, 3.05) is 0 Å². The third-order valence-electron chi connectivity index (χ3n) is 1.87. The zero-order chi connectivity index (χ0) is 10.6. The van der Waals surface area contributed by atoms with Gasteiger partial charge in [0.05, 0.1) is 5.69 Å². The third kappa shape index (κ3) is 2.29. The van der Waals surface area contributed by atoms with E-state index in [0.717, 1.165) is 11.3 Å². The zero-order valence-corrected chi connectivity index (χ0v) is 7.86. The molecule has 0 radical (unpaired) electrons. The van der Waals surface area contributed by atoms with Crippen LogP contribution in [0.4, 0.5) is 0 Å². The molecule has 0 spiro atoms. The van der Waals surface area contributed by atoms with Gasteiger partial charge >= 0.3 is 0 Å². The molecule has 0 aromatic carbocycles. The first-order chi connectivity index (χ1) is 6.65. The van der Waals surface area contributed by atoms with Gasteiger partial charge in [0, 0.05) is 18.2 Å². The van der Waals surface area contributed by atoms with Crippen LogP contribution in [0.15, 0.2) is 37.1 Å². The molecule has 14 heavy (non-hydrogen) atoms. The van der Waals surface area contributed by atoms with Crippen LogP contribution in [0.5, 0.6) is 0 Å². The summed E-state index contributed by atoms with van der Waals surface area (Å²) < 4.78 is 0. The molecule has 0 unspecified atom stereocenters. The van der Waals surface area contributed by atoms with Gasteiger partial charge in [0.15, 0.2) is 0 Å². The highest BCUT2D eigenvalue weighted by atomic mass is 16.1. The number of pyridine rings is 1. The summed E-state index contributed by atoms with van der Waals surface area (Å²) in [6, 6.07) is 3.69. The molecule has 0 atom stereocenters. The van der Waals surface area contributed by atoms with Crippen LogP contribution >= 0.6 is 0 Å². The fourth-order valence-corrected chi connectivity index (χ4v) is 1.07. The highest BCUT2D eigenvalue weighted by Crippen LogP contribution is 2.10. The SMILES string of the molecule is C=Cc1cccnc1CC(=C)C(N)=O. The predicted molar refractivity (Wildman–Crippen MR) is 56.4 cm³/mol. The number of amides is 1. The Labute approximate surface area is 83.0 Å². The summed E-state index contributed by atoms with van der Waals surface area (Å²) in [5, 5.41) is 0. The smallest absolute Gasteiger partial charge is 0.244 e. The average Bonchev–Trinajstić information content (AvgIpc) is 2.18.